The van der Waals surface area contributed by atoms with Crippen molar-refractivity contribution in [2.45, 2.75) is 12.7 Å². The molecule has 1 heterocycles. The Morgan fingerprint density at radius 2 is 2.39 bits per heavy atom. The molecule has 0 amide bonds. The third kappa shape index (κ3) is 5.42. The van der Waals surface area contributed by atoms with Crippen molar-refractivity contribution in [2.24, 2.45) is 4.99 Å². The molecule has 0 aromatic carbocycles. The molecule has 0 bridgehead atoms. The van der Waals surface area contributed by atoms with Crippen molar-refractivity contribution < 1.29 is 9.90 Å². The van der Waals surface area contributed by atoms with E-state index in [4.69, 9.17) is 5.11 Å². The number of H-pyrrole nitrogens is 1. The lowest BCUT2D eigenvalue weighted by atomic mass is 10.4. The molecule has 0 radical (unpaired) electrons. The summed E-state index contributed by atoms with van der Waals surface area (Å²) in [6.45, 7) is 2.56. The van der Waals surface area contributed by atoms with Gasteiger partial charge in [-0.1, -0.05) is 0 Å². The summed E-state index contributed by atoms with van der Waals surface area (Å²) in [5.41, 5.74) is 2.12. The number of nitrogens with one attached hydrogen (secondary N) is 2. The largest absolute Gasteiger partial charge is 0.475 e. The van der Waals surface area contributed by atoms with Crippen LogP contribution in [0.15, 0.2) is 11.3 Å². The lowest BCUT2D eigenvalue weighted by Gasteiger charge is -2.04. The number of carboxylic acids is 1. The molecule has 6 nitrogen and oxygen atoms in total. The molecule has 0 fully saturated rings. The van der Waals surface area contributed by atoms with Crippen LogP contribution in [0.5, 0.6) is 0 Å². The summed E-state index contributed by atoms with van der Waals surface area (Å²) in [6, 6.07) is 0. The Hall–Kier alpha value is -1.21. The molecule has 0 aliphatic rings. The van der Waals surface area contributed by atoms with Crippen LogP contribution in [0.25, 0.3) is 0 Å². The molecule has 0 unspecified atom stereocenters. The van der Waals surface area contributed by atoms with E-state index in [1.54, 1.807) is 18.1 Å². The predicted molar refractivity (Wildman–Crippen MR) is 75.7 cm³/mol. The highest BCUT2D eigenvalue weighted by molar-refractivity contribution is 7.98. The highest BCUT2D eigenvalue weighted by atomic mass is 35.5. The van der Waals surface area contributed by atoms with Gasteiger partial charge in [0.1, 0.15) is 0 Å². The number of aryl methyl sites for hydroxylation is 1. The fourth-order valence-corrected chi connectivity index (χ4v) is 2.07. The number of amidine groups is 1. The van der Waals surface area contributed by atoms with Gasteiger partial charge in [0.25, 0.3) is 0 Å². The van der Waals surface area contributed by atoms with Gasteiger partial charge in [-0.2, -0.15) is 11.8 Å². The fourth-order valence-electron chi connectivity index (χ4n) is 1.19. The quantitative estimate of drug-likeness (QED) is 0.429. The second kappa shape index (κ2) is 8.82. The number of hydrogen-bond acceptors (Lipinski definition) is 4. The van der Waals surface area contributed by atoms with E-state index in [1.165, 1.54) is 7.05 Å². The summed E-state index contributed by atoms with van der Waals surface area (Å²) in [4.78, 5) is 21.4. The van der Waals surface area contributed by atoms with Crippen LogP contribution in [0.2, 0.25) is 0 Å². The molecule has 8 heteroatoms. The van der Waals surface area contributed by atoms with Gasteiger partial charge in [0.05, 0.1) is 12.0 Å². The van der Waals surface area contributed by atoms with E-state index in [0.29, 0.717) is 6.54 Å². The number of nitrogens with zero attached hydrogens (tertiary/aromatic N) is 2. The maximum Gasteiger partial charge on any atom is 0.371 e. The Balaban J connectivity index is 0.00000289. The average molecular weight is 293 g/mol. The van der Waals surface area contributed by atoms with Crippen molar-refractivity contribution in [3.63, 3.8) is 0 Å². The second-order valence-corrected chi connectivity index (χ2v) is 4.44. The smallest absolute Gasteiger partial charge is 0.371 e. The van der Waals surface area contributed by atoms with Crippen LogP contribution in [0.1, 0.15) is 11.4 Å². The summed E-state index contributed by atoms with van der Waals surface area (Å²) in [5, 5.41) is 11.5. The number of thioether (sulfide) groups is 1. The van der Waals surface area contributed by atoms with Crippen molar-refractivity contribution in [1.82, 2.24) is 15.3 Å². The van der Waals surface area contributed by atoms with E-state index >= 15 is 0 Å². The molecule has 18 heavy (non-hydrogen) atoms. The first-order chi connectivity index (χ1) is 8.15. The molecule has 0 saturated carbocycles. The summed E-state index contributed by atoms with van der Waals surface area (Å²) >= 11 is 1.70. The van der Waals surface area contributed by atoms with Crippen LogP contribution in [0.3, 0.4) is 0 Å². The molecule has 3 N–H and O–H groups in total. The zero-order valence-corrected chi connectivity index (χ0v) is 11.9. The van der Waals surface area contributed by atoms with Crippen LogP contribution in [0, 0.1) is 6.92 Å². The Labute approximate surface area is 116 Å². The Morgan fingerprint density at radius 3 is 2.89 bits per heavy atom. The zero-order valence-electron chi connectivity index (χ0n) is 10.3. The number of rotatable bonds is 5. The van der Waals surface area contributed by atoms with Crippen LogP contribution in [-0.4, -0.2) is 46.2 Å². The molecular formula is C10H17ClN4O2S. The van der Waals surface area contributed by atoms with Crippen molar-refractivity contribution in [1.29, 1.82) is 0 Å². The average Bonchev–Trinajstić information content (AvgIpc) is 2.69. The molecule has 1 aromatic rings. The van der Waals surface area contributed by atoms with Gasteiger partial charge in [0.15, 0.2) is 0 Å². The molecule has 0 aliphatic heterocycles. The van der Waals surface area contributed by atoms with Crippen molar-refractivity contribution in [2.75, 3.05) is 19.3 Å². The predicted octanol–water partition coefficient (Wildman–Crippen LogP) is 1.08. The highest BCUT2D eigenvalue weighted by Crippen LogP contribution is 2.11. The minimum absolute atomic E-state index is 0. The Morgan fingerprint density at radius 1 is 1.67 bits per heavy atom. The highest BCUT2D eigenvalue weighted by Gasteiger charge is 2.06. The number of halogens is 1. The molecule has 0 saturated heterocycles. The minimum Gasteiger partial charge on any atom is -0.475 e. The van der Waals surface area contributed by atoms with Gasteiger partial charge in [-0.15, -0.1) is 12.4 Å². The van der Waals surface area contributed by atoms with Gasteiger partial charge in [-0.3, -0.25) is 4.99 Å². The SMILES string of the molecule is CN=C(NCCSCc1nc[nH]c1C)C(=O)O.Cl. The van der Waals surface area contributed by atoms with Crippen LogP contribution in [-0.2, 0) is 10.5 Å². The number of aromatic amines is 1. The van der Waals surface area contributed by atoms with Gasteiger partial charge in [-0.05, 0) is 6.92 Å². The third-order valence-electron chi connectivity index (χ3n) is 2.14. The first kappa shape index (κ1) is 16.8. The molecule has 1 aromatic heterocycles. The standard InChI is InChI=1S/C10H16N4O2S.ClH/c1-7-8(14-6-13-7)5-17-4-3-12-9(11-2)10(15)16;/h6H,3-5H2,1-2H3,(H,11,12)(H,13,14)(H,15,16);1H. The van der Waals surface area contributed by atoms with Crippen LogP contribution >= 0.6 is 24.2 Å². The molecule has 1 rings (SSSR count). The summed E-state index contributed by atoms with van der Waals surface area (Å²) < 4.78 is 0. The molecule has 0 atom stereocenters. The third-order valence-corrected chi connectivity index (χ3v) is 3.11. The van der Waals surface area contributed by atoms with E-state index in [9.17, 15) is 4.79 Å². The maximum atomic E-state index is 10.6. The number of carbonyl (C=O) groups is 1. The number of imidazole rings is 1. The molecule has 0 spiro atoms. The van der Waals surface area contributed by atoms with Gasteiger partial charge < -0.3 is 15.4 Å². The van der Waals surface area contributed by atoms with Gasteiger partial charge in [0, 0.05) is 30.8 Å². The number of hydrogen-bond donors (Lipinski definition) is 3. The lowest BCUT2D eigenvalue weighted by molar-refractivity contribution is -0.129. The maximum absolute atomic E-state index is 10.6. The summed E-state index contributed by atoms with van der Waals surface area (Å²) in [6.07, 6.45) is 1.68. The number of aliphatic imine (C=N–C) groups is 1. The molecule has 0 aliphatic carbocycles. The number of carboxylic acid groups (broad SMARTS) is 1. The molecular weight excluding hydrogens is 276 g/mol. The summed E-state index contributed by atoms with van der Waals surface area (Å²) in [7, 11) is 1.46. The normalized spacial score (nSPS) is 10.9. The van der Waals surface area contributed by atoms with Gasteiger partial charge in [0.2, 0.25) is 5.84 Å². The minimum atomic E-state index is -1.03. The second-order valence-electron chi connectivity index (χ2n) is 3.33. The van der Waals surface area contributed by atoms with E-state index in [-0.39, 0.29) is 18.2 Å². The monoisotopic (exact) mass is 292 g/mol. The number of aromatic nitrogens is 2. The topological polar surface area (TPSA) is 90.4 Å². The lowest BCUT2D eigenvalue weighted by Crippen LogP contribution is -2.32. The van der Waals surface area contributed by atoms with E-state index in [2.05, 4.69) is 20.3 Å². The molecule has 102 valence electrons. The van der Waals surface area contributed by atoms with E-state index in [1.807, 2.05) is 6.92 Å². The van der Waals surface area contributed by atoms with Crippen molar-refractivity contribution in [3.05, 3.63) is 17.7 Å². The van der Waals surface area contributed by atoms with E-state index in [0.717, 1.165) is 22.9 Å². The first-order valence-corrected chi connectivity index (χ1v) is 6.31. The van der Waals surface area contributed by atoms with Crippen LogP contribution < -0.4 is 5.32 Å². The Kier molecular flexibility index (Phi) is 8.23. The number of aliphatic carboxylic acids is 1. The van der Waals surface area contributed by atoms with Crippen molar-refractivity contribution in [3.8, 4) is 0 Å². The fraction of sp³-hybridized carbons (Fsp3) is 0.500. The summed E-state index contributed by atoms with van der Waals surface area (Å²) in [5.74, 6) is 0.601. The van der Waals surface area contributed by atoms with Crippen molar-refractivity contribution >= 4 is 36.0 Å². The van der Waals surface area contributed by atoms with Crippen LogP contribution in [0.4, 0.5) is 0 Å². The van der Waals surface area contributed by atoms with Gasteiger partial charge >= 0.3 is 5.97 Å². The van der Waals surface area contributed by atoms with E-state index < -0.39 is 5.97 Å². The first-order valence-electron chi connectivity index (χ1n) is 5.15. The van der Waals surface area contributed by atoms with Gasteiger partial charge in [-0.25, -0.2) is 9.78 Å². The zero-order chi connectivity index (χ0) is 12.7. The Bertz CT molecular complexity index is 408.